The van der Waals surface area contributed by atoms with Crippen molar-refractivity contribution >= 4 is 17.5 Å². The molecule has 1 rings (SSSR count). The molecule has 0 spiro atoms. The summed E-state index contributed by atoms with van der Waals surface area (Å²) in [6, 6.07) is 0. The monoisotopic (exact) mass is 222 g/mol. The van der Waals surface area contributed by atoms with Gasteiger partial charge in [0.05, 0.1) is 19.2 Å². The Morgan fingerprint density at radius 2 is 2.06 bits per heavy atom. The first-order valence-corrected chi connectivity index (χ1v) is 4.64. The number of esters is 1. The molecule has 0 N–H and O–H groups in total. The van der Waals surface area contributed by atoms with Gasteiger partial charge in [-0.05, 0) is 6.92 Å². The molecule has 6 nitrogen and oxygen atoms in total. The number of hydrogen-bond acceptors (Lipinski definition) is 6. The van der Waals surface area contributed by atoms with Gasteiger partial charge in [0, 0.05) is 12.4 Å². The third-order valence-corrected chi connectivity index (χ3v) is 1.67. The fourth-order valence-electron chi connectivity index (χ4n) is 0.963. The van der Waals surface area contributed by atoms with E-state index < -0.39 is 24.0 Å². The maximum atomic E-state index is 11.4. The minimum atomic E-state index is -1.00. The Kier molecular flexibility index (Phi) is 4.26. The van der Waals surface area contributed by atoms with Crippen LogP contribution in [0.1, 0.15) is 23.8 Å². The summed E-state index contributed by atoms with van der Waals surface area (Å²) in [4.78, 5) is 41.0. The Labute approximate surface area is 91.7 Å². The minimum absolute atomic E-state index is 0.0557. The predicted octanol–water partition coefficient (Wildman–Crippen LogP) is 0.182. The molecule has 0 radical (unpaired) electrons. The molecule has 6 heteroatoms. The number of ether oxygens (including phenoxy) is 1. The van der Waals surface area contributed by atoms with E-state index in [1.807, 2.05) is 0 Å². The summed E-state index contributed by atoms with van der Waals surface area (Å²) in [5.41, 5.74) is 0.0557. The highest BCUT2D eigenvalue weighted by molar-refractivity contribution is 6.38. The average molecular weight is 222 g/mol. The third-order valence-electron chi connectivity index (χ3n) is 1.67. The number of carbonyl (C=O) groups is 3. The zero-order valence-corrected chi connectivity index (χ0v) is 8.67. The fraction of sp³-hybridized carbons (Fsp3) is 0.300. The minimum Gasteiger partial charge on any atom is -0.460 e. The van der Waals surface area contributed by atoms with Crippen molar-refractivity contribution in [3.63, 3.8) is 0 Å². The van der Waals surface area contributed by atoms with E-state index in [-0.39, 0.29) is 12.3 Å². The van der Waals surface area contributed by atoms with Crippen LogP contribution in [-0.4, -0.2) is 34.1 Å². The summed E-state index contributed by atoms with van der Waals surface area (Å²) in [7, 11) is 0. The molecular weight excluding hydrogens is 212 g/mol. The van der Waals surface area contributed by atoms with E-state index in [0.29, 0.717) is 0 Å². The molecule has 0 unspecified atom stereocenters. The van der Waals surface area contributed by atoms with E-state index >= 15 is 0 Å². The van der Waals surface area contributed by atoms with Crippen LogP contribution in [0.15, 0.2) is 18.6 Å². The van der Waals surface area contributed by atoms with Crippen LogP contribution in [0.3, 0.4) is 0 Å². The Hall–Kier alpha value is -2.11. The van der Waals surface area contributed by atoms with E-state index in [1.54, 1.807) is 6.92 Å². The van der Waals surface area contributed by atoms with Crippen molar-refractivity contribution in [3.05, 3.63) is 24.3 Å². The van der Waals surface area contributed by atoms with E-state index in [9.17, 15) is 14.4 Å². The lowest BCUT2D eigenvalue weighted by molar-refractivity contribution is -0.153. The van der Waals surface area contributed by atoms with Crippen molar-refractivity contribution in [1.29, 1.82) is 0 Å². The third kappa shape index (κ3) is 3.23. The zero-order chi connectivity index (χ0) is 12.0. The van der Waals surface area contributed by atoms with Gasteiger partial charge < -0.3 is 4.74 Å². The van der Waals surface area contributed by atoms with Gasteiger partial charge >= 0.3 is 5.97 Å². The molecule has 1 aromatic rings. The number of Topliss-reactive ketones (excluding diaryl/α,β-unsaturated/α-hetero) is 2. The molecule has 0 aromatic carbocycles. The van der Waals surface area contributed by atoms with Gasteiger partial charge in [-0.25, -0.2) is 9.78 Å². The van der Waals surface area contributed by atoms with Crippen LogP contribution in [0.25, 0.3) is 0 Å². The number of rotatable bonds is 5. The standard InChI is InChI=1S/C10H10N2O4/c1-2-16-10(15)9(14)5-8(13)7-6-11-3-4-12-7/h3-4,6H,2,5H2,1H3. The van der Waals surface area contributed by atoms with E-state index in [1.165, 1.54) is 18.6 Å². The predicted molar refractivity (Wildman–Crippen MR) is 52.6 cm³/mol. The summed E-state index contributed by atoms with van der Waals surface area (Å²) in [6.45, 7) is 1.68. The molecular formula is C10H10N2O4. The van der Waals surface area contributed by atoms with E-state index in [2.05, 4.69) is 14.7 Å². The van der Waals surface area contributed by atoms with Crippen molar-refractivity contribution in [2.75, 3.05) is 6.61 Å². The van der Waals surface area contributed by atoms with Crippen molar-refractivity contribution in [3.8, 4) is 0 Å². The maximum Gasteiger partial charge on any atom is 0.375 e. The molecule has 0 saturated heterocycles. The molecule has 0 amide bonds. The molecule has 0 aliphatic heterocycles. The Bertz CT molecular complexity index is 403. The molecule has 0 fully saturated rings. The molecule has 1 heterocycles. The SMILES string of the molecule is CCOC(=O)C(=O)CC(=O)c1cnccn1. The van der Waals surface area contributed by atoms with Gasteiger partial charge in [0.25, 0.3) is 0 Å². The Morgan fingerprint density at radius 3 is 2.62 bits per heavy atom. The highest BCUT2D eigenvalue weighted by Gasteiger charge is 2.20. The highest BCUT2D eigenvalue weighted by Crippen LogP contribution is 1.99. The maximum absolute atomic E-state index is 11.4. The first-order valence-electron chi connectivity index (χ1n) is 4.64. The number of carbonyl (C=O) groups excluding carboxylic acids is 3. The second-order valence-corrected chi connectivity index (χ2v) is 2.83. The van der Waals surface area contributed by atoms with Gasteiger partial charge in [-0.3, -0.25) is 14.6 Å². The molecule has 0 saturated carbocycles. The lowest BCUT2D eigenvalue weighted by atomic mass is 10.1. The quantitative estimate of drug-likeness (QED) is 0.306. The van der Waals surface area contributed by atoms with Crippen LogP contribution >= 0.6 is 0 Å². The largest absolute Gasteiger partial charge is 0.460 e. The molecule has 0 aliphatic carbocycles. The van der Waals surface area contributed by atoms with Crippen molar-refractivity contribution in [2.45, 2.75) is 13.3 Å². The summed E-state index contributed by atoms with van der Waals surface area (Å²) in [5.74, 6) is -2.43. The van der Waals surface area contributed by atoms with Crippen molar-refractivity contribution < 1.29 is 19.1 Å². The number of nitrogens with zero attached hydrogens (tertiary/aromatic N) is 2. The average Bonchev–Trinajstić information content (AvgIpc) is 2.30. The summed E-state index contributed by atoms with van der Waals surface area (Å²) in [5, 5.41) is 0. The Balaban J connectivity index is 2.59. The molecule has 0 bridgehead atoms. The number of ketones is 2. The van der Waals surface area contributed by atoms with Gasteiger partial charge in [-0.15, -0.1) is 0 Å². The summed E-state index contributed by atoms with van der Waals surface area (Å²) >= 11 is 0. The highest BCUT2D eigenvalue weighted by atomic mass is 16.5. The van der Waals surface area contributed by atoms with Crippen LogP contribution < -0.4 is 0 Å². The lowest BCUT2D eigenvalue weighted by Crippen LogP contribution is -2.21. The van der Waals surface area contributed by atoms with E-state index in [4.69, 9.17) is 0 Å². The second kappa shape index (κ2) is 5.69. The van der Waals surface area contributed by atoms with Crippen LogP contribution in [0.4, 0.5) is 0 Å². The van der Waals surface area contributed by atoms with Gasteiger partial charge in [0.1, 0.15) is 5.69 Å². The first-order chi connectivity index (χ1) is 7.65. The van der Waals surface area contributed by atoms with Crippen molar-refractivity contribution in [1.82, 2.24) is 9.97 Å². The molecule has 1 aromatic heterocycles. The van der Waals surface area contributed by atoms with Gasteiger partial charge in [-0.2, -0.15) is 0 Å². The molecule has 84 valence electrons. The Morgan fingerprint density at radius 1 is 1.31 bits per heavy atom. The van der Waals surface area contributed by atoms with Crippen molar-refractivity contribution in [2.24, 2.45) is 0 Å². The number of hydrogen-bond donors (Lipinski definition) is 0. The van der Waals surface area contributed by atoms with Gasteiger partial charge in [0.15, 0.2) is 5.78 Å². The van der Waals surface area contributed by atoms with Crippen LogP contribution in [0.2, 0.25) is 0 Å². The van der Waals surface area contributed by atoms with Crippen LogP contribution in [-0.2, 0) is 14.3 Å². The second-order valence-electron chi connectivity index (χ2n) is 2.83. The smallest absolute Gasteiger partial charge is 0.375 e. The molecule has 16 heavy (non-hydrogen) atoms. The van der Waals surface area contributed by atoms with Crippen LogP contribution in [0, 0.1) is 0 Å². The molecule has 0 atom stereocenters. The first kappa shape index (κ1) is 12.0. The number of aromatic nitrogens is 2. The zero-order valence-electron chi connectivity index (χ0n) is 8.67. The molecule has 0 aliphatic rings. The van der Waals surface area contributed by atoms with Crippen LogP contribution in [0.5, 0.6) is 0 Å². The van der Waals surface area contributed by atoms with Gasteiger partial charge in [-0.1, -0.05) is 0 Å². The lowest BCUT2D eigenvalue weighted by Gasteiger charge is -1.99. The summed E-state index contributed by atoms with van der Waals surface area (Å²) in [6.07, 6.45) is 3.43. The van der Waals surface area contributed by atoms with Gasteiger partial charge in [0.2, 0.25) is 5.78 Å². The summed E-state index contributed by atoms with van der Waals surface area (Å²) < 4.78 is 4.46. The fourth-order valence-corrected chi connectivity index (χ4v) is 0.963. The van der Waals surface area contributed by atoms with E-state index in [0.717, 1.165) is 0 Å². The normalized spacial score (nSPS) is 9.56. The topological polar surface area (TPSA) is 86.2 Å².